The lowest BCUT2D eigenvalue weighted by Gasteiger charge is -2.43. The Balaban J connectivity index is 1.54. The van der Waals surface area contributed by atoms with Crippen molar-refractivity contribution in [2.75, 3.05) is 5.75 Å². The van der Waals surface area contributed by atoms with E-state index < -0.39 is 0 Å². The van der Waals surface area contributed by atoms with Gasteiger partial charge in [-0.25, -0.2) is 4.68 Å². The molecule has 0 spiro atoms. The summed E-state index contributed by atoms with van der Waals surface area (Å²) in [6.45, 7) is 0. The van der Waals surface area contributed by atoms with Crippen molar-refractivity contribution < 1.29 is 15.0 Å². The molecule has 0 aromatic carbocycles. The second kappa shape index (κ2) is 9.84. The minimum atomic E-state index is -0.220. The van der Waals surface area contributed by atoms with Crippen LogP contribution in [0, 0.1) is 0 Å². The SMILES string of the molecule is Cn1nnnc1SCCCC(=O)N(C1CCC(O)CC1)C1CCC(O)CC1. The molecule has 0 atom stereocenters. The number of aromatic nitrogens is 4. The van der Waals surface area contributed by atoms with Gasteiger partial charge >= 0.3 is 0 Å². The molecule has 0 saturated heterocycles. The first-order valence-corrected chi connectivity index (χ1v) is 11.1. The van der Waals surface area contributed by atoms with Crippen LogP contribution in [-0.4, -0.2) is 71.3 Å². The highest BCUT2D eigenvalue weighted by atomic mass is 32.2. The summed E-state index contributed by atoms with van der Waals surface area (Å²) < 4.78 is 1.64. The number of thioether (sulfide) groups is 1. The van der Waals surface area contributed by atoms with Gasteiger partial charge in [-0.05, 0) is 68.2 Å². The maximum atomic E-state index is 13.1. The summed E-state index contributed by atoms with van der Waals surface area (Å²) in [6.07, 6.45) is 7.50. The van der Waals surface area contributed by atoms with E-state index in [0.717, 1.165) is 68.7 Å². The molecule has 0 aliphatic heterocycles. The van der Waals surface area contributed by atoms with Crippen molar-refractivity contribution in [3.8, 4) is 0 Å². The van der Waals surface area contributed by atoms with E-state index in [4.69, 9.17) is 0 Å². The second-order valence-electron chi connectivity index (χ2n) is 7.76. The number of hydrogen-bond donors (Lipinski definition) is 2. The molecule has 8 nitrogen and oxygen atoms in total. The van der Waals surface area contributed by atoms with Crippen LogP contribution in [0.15, 0.2) is 5.16 Å². The summed E-state index contributed by atoms with van der Waals surface area (Å²) in [6, 6.07) is 0.466. The average molecular weight is 398 g/mol. The van der Waals surface area contributed by atoms with Crippen LogP contribution in [0.3, 0.4) is 0 Å². The Hall–Kier alpha value is -1.19. The average Bonchev–Trinajstić information content (AvgIpc) is 3.07. The number of hydrogen-bond acceptors (Lipinski definition) is 7. The first-order valence-electron chi connectivity index (χ1n) is 10.1. The molecule has 1 aromatic rings. The third kappa shape index (κ3) is 5.65. The van der Waals surface area contributed by atoms with Gasteiger partial charge in [-0.15, -0.1) is 5.10 Å². The lowest BCUT2D eigenvalue weighted by Crippen LogP contribution is -2.50. The van der Waals surface area contributed by atoms with Gasteiger partial charge < -0.3 is 15.1 Å². The van der Waals surface area contributed by atoms with E-state index >= 15 is 0 Å². The Labute approximate surface area is 164 Å². The van der Waals surface area contributed by atoms with Crippen LogP contribution < -0.4 is 0 Å². The van der Waals surface area contributed by atoms with E-state index in [9.17, 15) is 15.0 Å². The summed E-state index contributed by atoms with van der Waals surface area (Å²) in [7, 11) is 1.81. The third-order valence-corrected chi connectivity index (χ3v) is 6.85. The van der Waals surface area contributed by atoms with Crippen molar-refractivity contribution >= 4 is 17.7 Å². The third-order valence-electron chi connectivity index (χ3n) is 5.75. The fourth-order valence-electron chi connectivity index (χ4n) is 4.24. The quantitative estimate of drug-likeness (QED) is 0.531. The number of aryl methyl sites for hydroxylation is 1. The van der Waals surface area contributed by atoms with E-state index in [1.165, 1.54) is 0 Å². The van der Waals surface area contributed by atoms with Crippen LogP contribution in [0.25, 0.3) is 0 Å². The van der Waals surface area contributed by atoms with Gasteiger partial charge in [-0.2, -0.15) is 0 Å². The van der Waals surface area contributed by atoms with Crippen LogP contribution in [0.5, 0.6) is 0 Å². The maximum absolute atomic E-state index is 13.1. The molecular weight excluding hydrogens is 366 g/mol. The van der Waals surface area contributed by atoms with Crippen LogP contribution >= 0.6 is 11.8 Å². The zero-order valence-corrected chi connectivity index (χ0v) is 16.9. The number of carbonyl (C=O) groups excluding carboxylic acids is 1. The first-order chi connectivity index (χ1) is 13.0. The molecule has 9 heteroatoms. The molecule has 2 N–H and O–H groups in total. The Bertz CT molecular complexity index is 576. The number of aliphatic hydroxyl groups excluding tert-OH is 2. The lowest BCUT2D eigenvalue weighted by molar-refractivity contribution is -0.139. The summed E-state index contributed by atoms with van der Waals surface area (Å²) in [5, 5.41) is 31.8. The van der Waals surface area contributed by atoms with E-state index in [1.54, 1.807) is 16.4 Å². The van der Waals surface area contributed by atoms with Crippen molar-refractivity contribution in [3.63, 3.8) is 0 Å². The molecule has 3 rings (SSSR count). The van der Waals surface area contributed by atoms with E-state index in [2.05, 4.69) is 20.4 Å². The van der Waals surface area contributed by atoms with Crippen LogP contribution in [-0.2, 0) is 11.8 Å². The molecule has 2 aliphatic rings. The normalized spacial score (nSPS) is 28.9. The maximum Gasteiger partial charge on any atom is 0.223 e. The van der Waals surface area contributed by atoms with Gasteiger partial charge in [0, 0.05) is 31.3 Å². The van der Waals surface area contributed by atoms with Crippen molar-refractivity contribution in [1.82, 2.24) is 25.1 Å². The predicted molar refractivity (Wildman–Crippen MR) is 102 cm³/mol. The van der Waals surface area contributed by atoms with Gasteiger partial charge in [0.1, 0.15) is 0 Å². The van der Waals surface area contributed by atoms with Crippen LogP contribution in [0.2, 0.25) is 0 Å². The molecule has 1 heterocycles. The van der Waals surface area contributed by atoms with Crippen molar-refractivity contribution in [2.45, 2.75) is 93.7 Å². The fraction of sp³-hybridized carbons (Fsp3) is 0.889. The van der Waals surface area contributed by atoms with E-state index in [-0.39, 0.29) is 30.2 Å². The van der Waals surface area contributed by atoms with Crippen LogP contribution in [0.4, 0.5) is 0 Å². The Kier molecular flexibility index (Phi) is 7.49. The minimum Gasteiger partial charge on any atom is -0.393 e. The number of rotatable bonds is 7. The number of aliphatic hydroxyl groups is 2. The first kappa shape index (κ1) is 20.5. The molecule has 0 radical (unpaired) electrons. The van der Waals surface area contributed by atoms with Gasteiger partial charge in [0.25, 0.3) is 0 Å². The van der Waals surface area contributed by atoms with Crippen molar-refractivity contribution in [3.05, 3.63) is 0 Å². The molecule has 1 aromatic heterocycles. The largest absolute Gasteiger partial charge is 0.393 e. The van der Waals surface area contributed by atoms with E-state index in [1.807, 2.05) is 7.05 Å². The smallest absolute Gasteiger partial charge is 0.223 e. The summed E-state index contributed by atoms with van der Waals surface area (Å²) in [4.78, 5) is 15.2. The van der Waals surface area contributed by atoms with Crippen LogP contribution in [0.1, 0.15) is 64.2 Å². The van der Waals surface area contributed by atoms with Gasteiger partial charge in [0.05, 0.1) is 12.2 Å². The summed E-state index contributed by atoms with van der Waals surface area (Å²) >= 11 is 1.57. The molecule has 2 aliphatic carbocycles. The summed E-state index contributed by atoms with van der Waals surface area (Å²) in [5.74, 6) is 1.02. The highest BCUT2D eigenvalue weighted by Crippen LogP contribution is 2.31. The zero-order valence-electron chi connectivity index (χ0n) is 16.0. The molecule has 152 valence electrons. The summed E-state index contributed by atoms with van der Waals surface area (Å²) in [5.41, 5.74) is 0. The van der Waals surface area contributed by atoms with E-state index in [0.29, 0.717) is 6.42 Å². The topological polar surface area (TPSA) is 104 Å². The van der Waals surface area contributed by atoms with Gasteiger partial charge in [0.15, 0.2) is 0 Å². The molecular formula is C18H31N5O3S. The lowest BCUT2D eigenvalue weighted by atomic mass is 9.86. The molecule has 27 heavy (non-hydrogen) atoms. The Morgan fingerprint density at radius 3 is 2.11 bits per heavy atom. The van der Waals surface area contributed by atoms with Crippen molar-refractivity contribution in [1.29, 1.82) is 0 Å². The minimum absolute atomic E-state index is 0.217. The van der Waals surface area contributed by atoms with Crippen molar-refractivity contribution in [2.24, 2.45) is 7.05 Å². The second-order valence-corrected chi connectivity index (χ2v) is 8.82. The zero-order chi connectivity index (χ0) is 19.2. The number of amides is 1. The van der Waals surface area contributed by atoms with Gasteiger partial charge in [0.2, 0.25) is 11.1 Å². The van der Waals surface area contributed by atoms with Gasteiger partial charge in [-0.3, -0.25) is 4.79 Å². The predicted octanol–water partition coefficient (Wildman–Crippen LogP) is 1.52. The monoisotopic (exact) mass is 397 g/mol. The highest BCUT2D eigenvalue weighted by molar-refractivity contribution is 7.99. The van der Waals surface area contributed by atoms with Gasteiger partial charge in [-0.1, -0.05) is 11.8 Å². The molecule has 1 amide bonds. The molecule has 0 unspecified atom stereocenters. The standard InChI is InChI=1S/C18H31N5O3S/c1-22-18(19-20-21-22)27-12-2-3-17(26)23(13-4-8-15(24)9-5-13)14-6-10-16(25)11-7-14/h13-16,24-25H,2-12H2,1H3. The molecule has 2 saturated carbocycles. The fourth-order valence-corrected chi connectivity index (χ4v) is 5.03. The molecule has 2 fully saturated rings. The number of tetrazole rings is 1. The highest BCUT2D eigenvalue weighted by Gasteiger charge is 2.34. The Morgan fingerprint density at radius 2 is 1.63 bits per heavy atom. The Morgan fingerprint density at radius 1 is 1.07 bits per heavy atom. The number of carbonyl (C=O) groups is 1. The number of nitrogens with zero attached hydrogens (tertiary/aromatic N) is 5. The molecule has 0 bridgehead atoms.